The summed E-state index contributed by atoms with van der Waals surface area (Å²) in [5.41, 5.74) is 0. The number of nitrogens with zero attached hydrogens (tertiary/aromatic N) is 3. The molecule has 0 radical (unpaired) electrons. The predicted molar refractivity (Wildman–Crippen MR) is 71.5 cm³/mol. The van der Waals surface area contributed by atoms with Crippen molar-refractivity contribution in [3.05, 3.63) is 12.4 Å². The zero-order valence-corrected chi connectivity index (χ0v) is 10.8. The molecule has 1 saturated carbocycles. The third-order valence-electron chi connectivity index (χ3n) is 3.41. The summed E-state index contributed by atoms with van der Waals surface area (Å²) in [6.45, 7) is 3.10. The van der Waals surface area contributed by atoms with E-state index in [1.807, 2.05) is 6.20 Å². The quantitative estimate of drug-likeness (QED) is 0.850. The van der Waals surface area contributed by atoms with Crippen molar-refractivity contribution in [3.63, 3.8) is 0 Å². The summed E-state index contributed by atoms with van der Waals surface area (Å²) >= 11 is 0. The summed E-state index contributed by atoms with van der Waals surface area (Å²) in [6, 6.07) is 0.644. The highest BCUT2D eigenvalue weighted by Crippen LogP contribution is 2.25. The highest BCUT2D eigenvalue weighted by Gasteiger charge is 2.20. The lowest BCUT2D eigenvalue weighted by Gasteiger charge is -2.25. The molecule has 1 fully saturated rings. The zero-order chi connectivity index (χ0) is 12.1. The van der Waals surface area contributed by atoms with E-state index >= 15 is 0 Å². The lowest BCUT2D eigenvalue weighted by atomic mass is 10.2. The standard InChI is InChI=1S/C13H22N4/c1-3-8-15-12-9-14-10-13(16-12)17(2)11-6-4-5-7-11/h9-11H,3-8H2,1-2H3,(H,15,16). The van der Waals surface area contributed by atoms with Gasteiger partial charge in [-0.3, -0.25) is 4.98 Å². The molecule has 2 rings (SSSR count). The van der Waals surface area contributed by atoms with Crippen LogP contribution in [-0.2, 0) is 0 Å². The third kappa shape index (κ3) is 3.08. The Morgan fingerprint density at radius 1 is 1.35 bits per heavy atom. The summed E-state index contributed by atoms with van der Waals surface area (Å²) in [5.74, 6) is 1.87. The highest BCUT2D eigenvalue weighted by atomic mass is 15.2. The third-order valence-corrected chi connectivity index (χ3v) is 3.41. The van der Waals surface area contributed by atoms with Crippen molar-refractivity contribution in [3.8, 4) is 0 Å². The molecule has 0 atom stereocenters. The van der Waals surface area contributed by atoms with Gasteiger partial charge in [0.05, 0.1) is 12.4 Å². The van der Waals surface area contributed by atoms with Crippen LogP contribution in [0.3, 0.4) is 0 Å². The first-order valence-electron chi connectivity index (χ1n) is 6.60. The molecule has 17 heavy (non-hydrogen) atoms. The molecule has 1 aliphatic carbocycles. The van der Waals surface area contributed by atoms with Crippen molar-refractivity contribution >= 4 is 11.6 Å². The number of rotatable bonds is 5. The molecule has 4 heteroatoms. The topological polar surface area (TPSA) is 41.1 Å². The maximum absolute atomic E-state index is 4.61. The summed E-state index contributed by atoms with van der Waals surface area (Å²) in [5, 5.41) is 3.28. The molecule has 1 aromatic rings. The first-order valence-corrected chi connectivity index (χ1v) is 6.60. The molecule has 0 saturated heterocycles. The first kappa shape index (κ1) is 12.1. The van der Waals surface area contributed by atoms with Gasteiger partial charge >= 0.3 is 0 Å². The second-order valence-corrected chi connectivity index (χ2v) is 4.74. The van der Waals surface area contributed by atoms with Gasteiger partial charge in [0.2, 0.25) is 0 Å². The molecule has 0 amide bonds. The maximum atomic E-state index is 4.61. The smallest absolute Gasteiger partial charge is 0.149 e. The van der Waals surface area contributed by atoms with Crippen LogP contribution in [0.2, 0.25) is 0 Å². The number of hydrogen-bond acceptors (Lipinski definition) is 4. The number of anilines is 2. The Morgan fingerprint density at radius 3 is 2.82 bits per heavy atom. The second-order valence-electron chi connectivity index (χ2n) is 4.74. The van der Waals surface area contributed by atoms with E-state index in [4.69, 9.17) is 0 Å². The van der Waals surface area contributed by atoms with Crippen LogP contribution in [0.4, 0.5) is 11.6 Å². The number of hydrogen-bond donors (Lipinski definition) is 1. The fourth-order valence-corrected chi connectivity index (χ4v) is 2.34. The number of aromatic nitrogens is 2. The Morgan fingerprint density at radius 2 is 2.12 bits per heavy atom. The van der Waals surface area contributed by atoms with Crippen LogP contribution in [0.25, 0.3) is 0 Å². The van der Waals surface area contributed by atoms with Gasteiger partial charge in [0, 0.05) is 19.6 Å². The lowest BCUT2D eigenvalue weighted by Crippen LogP contribution is -2.29. The van der Waals surface area contributed by atoms with Crippen LogP contribution >= 0.6 is 0 Å². The van der Waals surface area contributed by atoms with Gasteiger partial charge in [-0.05, 0) is 19.3 Å². The molecule has 4 nitrogen and oxygen atoms in total. The Bertz CT molecular complexity index is 347. The SMILES string of the molecule is CCCNc1cncc(N(C)C2CCCC2)n1. The van der Waals surface area contributed by atoms with Crippen molar-refractivity contribution < 1.29 is 0 Å². The average Bonchev–Trinajstić information content (AvgIpc) is 2.89. The summed E-state index contributed by atoms with van der Waals surface area (Å²) in [4.78, 5) is 11.1. The van der Waals surface area contributed by atoms with E-state index in [-0.39, 0.29) is 0 Å². The summed E-state index contributed by atoms with van der Waals surface area (Å²) < 4.78 is 0. The monoisotopic (exact) mass is 234 g/mol. The Kier molecular flexibility index (Phi) is 4.18. The molecule has 1 heterocycles. The van der Waals surface area contributed by atoms with E-state index in [9.17, 15) is 0 Å². The van der Waals surface area contributed by atoms with Gasteiger partial charge in [0.1, 0.15) is 11.6 Å². The number of nitrogens with one attached hydrogen (secondary N) is 1. The van der Waals surface area contributed by atoms with E-state index in [2.05, 4.69) is 34.2 Å². The van der Waals surface area contributed by atoms with E-state index in [1.54, 1.807) is 6.20 Å². The molecule has 1 aliphatic rings. The molecule has 0 unspecified atom stereocenters. The van der Waals surface area contributed by atoms with Crippen LogP contribution < -0.4 is 10.2 Å². The first-order chi connectivity index (χ1) is 8.31. The lowest BCUT2D eigenvalue weighted by molar-refractivity contribution is 0.645. The van der Waals surface area contributed by atoms with Crippen LogP contribution in [0.1, 0.15) is 39.0 Å². The normalized spacial score (nSPS) is 16.1. The summed E-state index contributed by atoms with van der Waals surface area (Å²) in [6.07, 6.45) is 10.0. The molecule has 0 bridgehead atoms. The van der Waals surface area contributed by atoms with E-state index < -0.39 is 0 Å². The van der Waals surface area contributed by atoms with E-state index in [1.165, 1.54) is 25.7 Å². The molecule has 94 valence electrons. The predicted octanol–water partition coefficient (Wildman–Crippen LogP) is 2.68. The Hall–Kier alpha value is -1.32. The van der Waals surface area contributed by atoms with Gasteiger partial charge in [0.25, 0.3) is 0 Å². The van der Waals surface area contributed by atoms with Gasteiger partial charge < -0.3 is 10.2 Å². The molecule has 1 aromatic heterocycles. The Labute approximate surface area is 103 Å². The van der Waals surface area contributed by atoms with Crippen molar-refractivity contribution in [2.75, 3.05) is 23.8 Å². The van der Waals surface area contributed by atoms with Gasteiger partial charge in [-0.2, -0.15) is 0 Å². The van der Waals surface area contributed by atoms with Gasteiger partial charge in [0.15, 0.2) is 0 Å². The molecule has 1 N–H and O–H groups in total. The molecular weight excluding hydrogens is 212 g/mol. The minimum atomic E-state index is 0.644. The van der Waals surface area contributed by atoms with E-state index in [0.717, 1.165) is 24.6 Å². The van der Waals surface area contributed by atoms with E-state index in [0.29, 0.717) is 6.04 Å². The Balaban J connectivity index is 2.03. The van der Waals surface area contributed by atoms with Crippen molar-refractivity contribution in [1.82, 2.24) is 9.97 Å². The van der Waals surface area contributed by atoms with Crippen LogP contribution in [0.15, 0.2) is 12.4 Å². The zero-order valence-electron chi connectivity index (χ0n) is 10.8. The van der Waals surface area contributed by atoms with Crippen molar-refractivity contribution in [1.29, 1.82) is 0 Å². The molecule has 0 spiro atoms. The minimum absolute atomic E-state index is 0.644. The van der Waals surface area contributed by atoms with Gasteiger partial charge in [-0.1, -0.05) is 19.8 Å². The van der Waals surface area contributed by atoms with Crippen LogP contribution in [0, 0.1) is 0 Å². The molecule has 0 aromatic carbocycles. The minimum Gasteiger partial charge on any atom is -0.369 e. The highest BCUT2D eigenvalue weighted by molar-refractivity contribution is 5.44. The summed E-state index contributed by atoms with van der Waals surface area (Å²) in [7, 11) is 2.13. The molecule has 0 aliphatic heterocycles. The van der Waals surface area contributed by atoms with Gasteiger partial charge in [-0.15, -0.1) is 0 Å². The second kappa shape index (κ2) is 5.84. The maximum Gasteiger partial charge on any atom is 0.149 e. The van der Waals surface area contributed by atoms with Crippen LogP contribution in [0.5, 0.6) is 0 Å². The average molecular weight is 234 g/mol. The van der Waals surface area contributed by atoms with Gasteiger partial charge in [-0.25, -0.2) is 4.98 Å². The van der Waals surface area contributed by atoms with Crippen LogP contribution in [-0.4, -0.2) is 29.6 Å². The fraction of sp³-hybridized carbons (Fsp3) is 0.692. The van der Waals surface area contributed by atoms with Crippen molar-refractivity contribution in [2.24, 2.45) is 0 Å². The fourth-order valence-electron chi connectivity index (χ4n) is 2.34. The largest absolute Gasteiger partial charge is 0.369 e. The molecular formula is C13H22N4. The van der Waals surface area contributed by atoms with Crippen molar-refractivity contribution in [2.45, 2.75) is 45.1 Å².